The van der Waals surface area contributed by atoms with E-state index in [-0.39, 0.29) is 12.3 Å². The maximum atomic E-state index is 12.3. The second-order valence-electron chi connectivity index (χ2n) is 6.67. The first-order valence-corrected chi connectivity index (χ1v) is 9.68. The average Bonchev–Trinajstić information content (AvgIpc) is 3.26. The number of hydrogen-bond donors (Lipinski definition) is 2. The van der Waals surface area contributed by atoms with E-state index in [0.29, 0.717) is 6.54 Å². The Morgan fingerprint density at radius 2 is 1.96 bits per heavy atom. The number of nitrogens with one attached hydrogen (secondary N) is 2. The first kappa shape index (κ1) is 17.4. The zero-order chi connectivity index (χ0) is 18.8. The van der Waals surface area contributed by atoms with Crippen molar-refractivity contribution in [1.29, 1.82) is 0 Å². The van der Waals surface area contributed by atoms with Crippen molar-refractivity contribution in [3.8, 4) is 10.6 Å². The Labute approximate surface area is 161 Å². The number of carbonyl (C=O) groups is 1. The molecule has 0 radical (unpaired) electrons. The molecular weight excluding hydrogens is 356 g/mol. The van der Waals surface area contributed by atoms with Gasteiger partial charge in [-0.25, -0.2) is 9.97 Å². The highest BCUT2D eigenvalue weighted by atomic mass is 32.1. The summed E-state index contributed by atoms with van der Waals surface area (Å²) >= 11 is 1.56. The third-order valence-corrected chi connectivity index (χ3v) is 5.24. The van der Waals surface area contributed by atoms with E-state index < -0.39 is 0 Å². The number of fused-ring (bicyclic) bond motifs is 1. The normalized spacial score (nSPS) is 11.0. The Hall–Kier alpha value is -2.99. The number of aromatic nitrogens is 3. The lowest BCUT2D eigenvalue weighted by Crippen LogP contribution is -2.25. The third-order valence-electron chi connectivity index (χ3n) is 4.30. The van der Waals surface area contributed by atoms with Crippen molar-refractivity contribution < 1.29 is 4.79 Å². The van der Waals surface area contributed by atoms with E-state index in [1.807, 2.05) is 36.6 Å². The SMILES string of the molecule is Cc1cccc(-c2nc(CC(=O)NCc3nc4ccc(C)cc4[nH]3)cs2)c1. The molecule has 2 aromatic carbocycles. The number of rotatable bonds is 5. The molecule has 0 fully saturated rings. The van der Waals surface area contributed by atoms with Gasteiger partial charge in [-0.2, -0.15) is 0 Å². The minimum absolute atomic E-state index is 0.0623. The fourth-order valence-corrected chi connectivity index (χ4v) is 3.78. The van der Waals surface area contributed by atoms with Crippen LogP contribution in [0.2, 0.25) is 0 Å². The molecule has 0 aliphatic carbocycles. The Bertz CT molecular complexity index is 1110. The lowest BCUT2D eigenvalue weighted by atomic mass is 10.1. The van der Waals surface area contributed by atoms with Gasteiger partial charge in [0.05, 0.1) is 29.7 Å². The van der Waals surface area contributed by atoms with Gasteiger partial charge >= 0.3 is 0 Å². The fourth-order valence-electron chi connectivity index (χ4n) is 2.97. The van der Waals surface area contributed by atoms with Gasteiger partial charge in [-0.1, -0.05) is 29.8 Å². The Morgan fingerprint density at radius 3 is 2.81 bits per heavy atom. The maximum Gasteiger partial charge on any atom is 0.226 e. The molecule has 2 aromatic heterocycles. The molecule has 2 N–H and O–H groups in total. The zero-order valence-electron chi connectivity index (χ0n) is 15.2. The van der Waals surface area contributed by atoms with Crippen molar-refractivity contribution >= 4 is 28.3 Å². The predicted molar refractivity (Wildman–Crippen MR) is 109 cm³/mol. The summed E-state index contributed by atoms with van der Waals surface area (Å²) in [5.74, 6) is 0.690. The van der Waals surface area contributed by atoms with Crippen LogP contribution < -0.4 is 5.32 Å². The summed E-state index contributed by atoms with van der Waals surface area (Å²) in [5.41, 5.74) is 6.14. The van der Waals surface area contributed by atoms with Crippen LogP contribution in [0.1, 0.15) is 22.6 Å². The minimum Gasteiger partial charge on any atom is -0.349 e. The van der Waals surface area contributed by atoms with Gasteiger partial charge in [-0.15, -0.1) is 11.3 Å². The van der Waals surface area contributed by atoms with Crippen molar-refractivity contribution in [2.45, 2.75) is 26.8 Å². The first-order valence-electron chi connectivity index (χ1n) is 8.80. The van der Waals surface area contributed by atoms with Gasteiger partial charge in [0.25, 0.3) is 0 Å². The number of carbonyl (C=O) groups excluding carboxylic acids is 1. The third kappa shape index (κ3) is 4.06. The molecule has 1 amide bonds. The number of amides is 1. The molecule has 0 unspecified atom stereocenters. The lowest BCUT2D eigenvalue weighted by molar-refractivity contribution is -0.120. The fraction of sp³-hybridized carbons (Fsp3) is 0.190. The van der Waals surface area contributed by atoms with Crippen LogP contribution in [-0.2, 0) is 17.8 Å². The number of hydrogen-bond acceptors (Lipinski definition) is 4. The van der Waals surface area contributed by atoms with E-state index >= 15 is 0 Å². The Balaban J connectivity index is 1.38. The van der Waals surface area contributed by atoms with Crippen LogP contribution in [-0.4, -0.2) is 20.9 Å². The zero-order valence-corrected chi connectivity index (χ0v) is 16.1. The quantitative estimate of drug-likeness (QED) is 0.549. The van der Waals surface area contributed by atoms with Gasteiger partial charge in [0.2, 0.25) is 5.91 Å². The number of aromatic amines is 1. The highest BCUT2D eigenvalue weighted by Gasteiger charge is 2.10. The molecule has 0 atom stereocenters. The summed E-state index contributed by atoms with van der Waals surface area (Å²) in [6.45, 7) is 4.48. The summed E-state index contributed by atoms with van der Waals surface area (Å²) in [5, 5.41) is 5.80. The molecule has 0 spiro atoms. The van der Waals surface area contributed by atoms with Crippen LogP contribution in [0, 0.1) is 13.8 Å². The molecule has 0 saturated carbocycles. The number of nitrogens with zero attached hydrogens (tertiary/aromatic N) is 2. The van der Waals surface area contributed by atoms with E-state index in [4.69, 9.17) is 0 Å². The van der Waals surface area contributed by atoms with Crippen molar-refractivity contribution in [1.82, 2.24) is 20.3 Å². The number of H-pyrrole nitrogens is 1. The van der Waals surface area contributed by atoms with Crippen molar-refractivity contribution in [2.75, 3.05) is 0 Å². The summed E-state index contributed by atoms with van der Waals surface area (Å²) in [4.78, 5) is 24.6. The van der Waals surface area contributed by atoms with Crippen LogP contribution in [0.5, 0.6) is 0 Å². The molecule has 5 nitrogen and oxygen atoms in total. The highest BCUT2D eigenvalue weighted by molar-refractivity contribution is 7.13. The van der Waals surface area contributed by atoms with E-state index in [1.165, 1.54) is 11.1 Å². The van der Waals surface area contributed by atoms with Gasteiger partial charge < -0.3 is 10.3 Å². The molecule has 4 aromatic rings. The lowest BCUT2D eigenvalue weighted by Gasteiger charge is -2.01. The van der Waals surface area contributed by atoms with Crippen molar-refractivity contribution in [3.63, 3.8) is 0 Å². The first-order chi connectivity index (χ1) is 13.1. The largest absolute Gasteiger partial charge is 0.349 e. The Kier molecular flexibility index (Phi) is 4.73. The van der Waals surface area contributed by atoms with Gasteiger partial charge in [-0.3, -0.25) is 4.79 Å². The summed E-state index contributed by atoms with van der Waals surface area (Å²) < 4.78 is 0. The molecule has 2 heterocycles. The monoisotopic (exact) mass is 376 g/mol. The van der Waals surface area contributed by atoms with E-state index in [0.717, 1.165) is 33.1 Å². The molecular formula is C21H20N4OS. The molecule has 136 valence electrons. The second kappa shape index (κ2) is 7.32. The van der Waals surface area contributed by atoms with Crippen LogP contribution in [0.25, 0.3) is 21.6 Å². The summed E-state index contributed by atoms with van der Waals surface area (Å²) in [7, 11) is 0. The van der Waals surface area contributed by atoms with E-state index in [9.17, 15) is 4.79 Å². The summed E-state index contributed by atoms with van der Waals surface area (Å²) in [6.07, 6.45) is 0.266. The van der Waals surface area contributed by atoms with Crippen LogP contribution in [0.4, 0.5) is 0 Å². The van der Waals surface area contributed by atoms with Crippen LogP contribution >= 0.6 is 11.3 Å². The minimum atomic E-state index is -0.0623. The van der Waals surface area contributed by atoms with Gasteiger partial charge in [0.15, 0.2) is 0 Å². The second-order valence-corrected chi connectivity index (χ2v) is 7.53. The van der Waals surface area contributed by atoms with E-state index in [2.05, 4.69) is 45.4 Å². The van der Waals surface area contributed by atoms with E-state index in [1.54, 1.807) is 11.3 Å². The molecule has 0 bridgehead atoms. The molecule has 0 aliphatic rings. The molecule has 4 rings (SSSR count). The predicted octanol–water partition coefficient (Wildman–Crippen LogP) is 4.16. The van der Waals surface area contributed by atoms with Gasteiger partial charge in [-0.05, 0) is 37.6 Å². The van der Waals surface area contributed by atoms with Crippen molar-refractivity contribution in [2.24, 2.45) is 0 Å². The average molecular weight is 376 g/mol. The number of benzene rings is 2. The molecule has 0 saturated heterocycles. The van der Waals surface area contributed by atoms with Gasteiger partial charge in [0, 0.05) is 10.9 Å². The standard InChI is InChI=1S/C21H20N4OS/c1-13-4-3-5-15(8-13)21-23-16(12-27-21)10-20(26)22-11-19-24-17-7-6-14(2)9-18(17)25-19/h3-9,12H,10-11H2,1-2H3,(H,22,26)(H,24,25). The summed E-state index contributed by atoms with van der Waals surface area (Å²) in [6, 6.07) is 14.3. The number of aryl methyl sites for hydroxylation is 2. The van der Waals surface area contributed by atoms with Crippen molar-refractivity contribution in [3.05, 3.63) is 70.5 Å². The Morgan fingerprint density at radius 1 is 1.11 bits per heavy atom. The molecule has 0 aliphatic heterocycles. The number of thiazole rings is 1. The smallest absolute Gasteiger partial charge is 0.226 e. The topological polar surface area (TPSA) is 70.7 Å². The highest BCUT2D eigenvalue weighted by Crippen LogP contribution is 2.24. The van der Waals surface area contributed by atoms with Crippen LogP contribution in [0.15, 0.2) is 47.8 Å². The molecule has 6 heteroatoms. The molecule has 27 heavy (non-hydrogen) atoms. The maximum absolute atomic E-state index is 12.3. The van der Waals surface area contributed by atoms with Gasteiger partial charge in [0.1, 0.15) is 10.8 Å². The van der Waals surface area contributed by atoms with Crippen LogP contribution in [0.3, 0.4) is 0 Å². The number of imidazole rings is 1.